The fraction of sp³-hybridized carbons (Fsp3) is 0.533. The van der Waals surface area contributed by atoms with Crippen LogP contribution in [0.4, 0.5) is 0 Å². The largest absolute Gasteiger partial charge is 0.340 e. The molecule has 4 heteroatoms. The van der Waals surface area contributed by atoms with Crippen LogP contribution in [0.25, 0.3) is 0 Å². The van der Waals surface area contributed by atoms with Crippen molar-refractivity contribution in [3.8, 4) is 6.07 Å². The lowest BCUT2D eigenvalue weighted by atomic mass is 9.89. The molecule has 0 N–H and O–H groups in total. The molecule has 1 amide bonds. The van der Waals surface area contributed by atoms with E-state index >= 15 is 0 Å². The molecule has 1 aromatic heterocycles. The van der Waals surface area contributed by atoms with Crippen LogP contribution in [0.15, 0.2) is 18.2 Å². The minimum absolute atomic E-state index is 0.0947. The average Bonchev–Trinajstić information content (AvgIpc) is 2.47. The Morgan fingerprint density at radius 3 is 2.84 bits per heavy atom. The van der Waals surface area contributed by atoms with Gasteiger partial charge in [0.25, 0.3) is 5.91 Å². The second-order valence-electron chi connectivity index (χ2n) is 5.21. The minimum Gasteiger partial charge on any atom is -0.340 e. The summed E-state index contributed by atoms with van der Waals surface area (Å²) < 4.78 is 0. The van der Waals surface area contributed by atoms with E-state index in [0.717, 1.165) is 6.54 Å². The zero-order chi connectivity index (χ0) is 13.7. The first-order chi connectivity index (χ1) is 9.20. The highest BCUT2D eigenvalue weighted by molar-refractivity contribution is 5.92. The maximum atomic E-state index is 12.2. The first-order valence-corrected chi connectivity index (χ1v) is 6.83. The van der Waals surface area contributed by atoms with Gasteiger partial charge in [0.05, 0.1) is 0 Å². The molecule has 1 fully saturated rings. The highest BCUT2D eigenvalue weighted by Gasteiger charge is 2.19. The van der Waals surface area contributed by atoms with Gasteiger partial charge in [-0.05, 0) is 30.9 Å². The van der Waals surface area contributed by atoms with Crippen LogP contribution in [-0.2, 0) is 0 Å². The van der Waals surface area contributed by atoms with Gasteiger partial charge in [-0.3, -0.25) is 4.79 Å². The van der Waals surface area contributed by atoms with Gasteiger partial charge < -0.3 is 4.90 Å². The predicted molar refractivity (Wildman–Crippen MR) is 72.5 cm³/mol. The Balaban J connectivity index is 1.99. The van der Waals surface area contributed by atoms with Gasteiger partial charge in [-0.15, -0.1) is 0 Å². The van der Waals surface area contributed by atoms with Crippen molar-refractivity contribution in [1.82, 2.24) is 9.88 Å². The van der Waals surface area contributed by atoms with E-state index in [-0.39, 0.29) is 11.6 Å². The van der Waals surface area contributed by atoms with Crippen molar-refractivity contribution in [3.05, 3.63) is 29.6 Å². The van der Waals surface area contributed by atoms with Crippen molar-refractivity contribution in [2.45, 2.75) is 32.1 Å². The second-order valence-corrected chi connectivity index (χ2v) is 5.21. The van der Waals surface area contributed by atoms with Crippen molar-refractivity contribution >= 4 is 5.91 Å². The van der Waals surface area contributed by atoms with Gasteiger partial charge in [-0.1, -0.05) is 25.3 Å². The molecule has 1 saturated carbocycles. The van der Waals surface area contributed by atoms with Crippen LogP contribution in [0, 0.1) is 17.2 Å². The van der Waals surface area contributed by atoms with E-state index < -0.39 is 0 Å². The Morgan fingerprint density at radius 1 is 1.42 bits per heavy atom. The summed E-state index contributed by atoms with van der Waals surface area (Å²) in [5, 5.41) is 8.81. The third kappa shape index (κ3) is 3.54. The van der Waals surface area contributed by atoms with E-state index in [2.05, 4.69) is 4.98 Å². The maximum Gasteiger partial charge on any atom is 0.272 e. The fourth-order valence-electron chi connectivity index (χ4n) is 2.65. The smallest absolute Gasteiger partial charge is 0.272 e. The molecule has 0 radical (unpaired) electrons. The molecule has 0 unspecified atom stereocenters. The Labute approximate surface area is 114 Å². The fourth-order valence-corrected chi connectivity index (χ4v) is 2.65. The first kappa shape index (κ1) is 13.5. The van der Waals surface area contributed by atoms with Crippen molar-refractivity contribution in [2.75, 3.05) is 13.6 Å². The number of aromatic nitrogens is 1. The number of amides is 1. The average molecular weight is 257 g/mol. The summed E-state index contributed by atoms with van der Waals surface area (Å²) in [6, 6.07) is 6.94. The molecule has 0 aliphatic heterocycles. The number of nitriles is 1. The van der Waals surface area contributed by atoms with Crippen molar-refractivity contribution in [2.24, 2.45) is 5.92 Å². The molecule has 0 atom stereocenters. The summed E-state index contributed by atoms with van der Waals surface area (Å²) in [5.74, 6) is 0.518. The highest BCUT2D eigenvalue weighted by Crippen LogP contribution is 2.24. The summed E-state index contributed by atoms with van der Waals surface area (Å²) in [7, 11) is 1.82. The highest BCUT2D eigenvalue weighted by atomic mass is 16.2. The Morgan fingerprint density at radius 2 is 2.16 bits per heavy atom. The quantitative estimate of drug-likeness (QED) is 0.836. The van der Waals surface area contributed by atoms with Gasteiger partial charge in [0, 0.05) is 13.6 Å². The minimum atomic E-state index is -0.0947. The lowest BCUT2D eigenvalue weighted by Gasteiger charge is -2.26. The number of hydrogen-bond acceptors (Lipinski definition) is 3. The molecular formula is C15H19N3O. The third-order valence-corrected chi connectivity index (χ3v) is 3.69. The van der Waals surface area contributed by atoms with Crippen LogP contribution >= 0.6 is 0 Å². The van der Waals surface area contributed by atoms with E-state index in [1.807, 2.05) is 13.1 Å². The third-order valence-electron chi connectivity index (χ3n) is 3.69. The number of hydrogen-bond donors (Lipinski definition) is 0. The summed E-state index contributed by atoms with van der Waals surface area (Å²) in [6.45, 7) is 0.789. The molecule has 19 heavy (non-hydrogen) atoms. The van der Waals surface area contributed by atoms with Crippen molar-refractivity contribution in [3.63, 3.8) is 0 Å². The summed E-state index contributed by atoms with van der Waals surface area (Å²) in [5.41, 5.74) is 0.647. The van der Waals surface area contributed by atoms with Crippen LogP contribution in [0.2, 0.25) is 0 Å². The molecule has 0 spiro atoms. The summed E-state index contributed by atoms with van der Waals surface area (Å²) in [4.78, 5) is 18.0. The molecule has 2 rings (SSSR count). The second kappa shape index (κ2) is 6.33. The molecule has 0 bridgehead atoms. The van der Waals surface area contributed by atoms with Crippen LogP contribution in [0.3, 0.4) is 0 Å². The van der Waals surface area contributed by atoms with Crippen LogP contribution in [0.1, 0.15) is 48.3 Å². The van der Waals surface area contributed by atoms with Gasteiger partial charge in [-0.2, -0.15) is 5.26 Å². The van der Waals surface area contributed by atoms with Gasteiger partial charge in [0.1, 0.15) is 17.5 Å². The molecular weight excluding hydrogens is 238 g/mol. The van der Waals surface area contributed by atoms with Crippen molar-refractivity contribution < 1.29 is 4.79 Å². The molecule has 0 aromatic carbocycles. The Hall–Kier alpha value is -1.89. The number of pyridine rings is 1. The lowest BCUT2D eigenvalue weighted by molar-refractivity contribution is 0.0754. The number of nitrogens with zero attached hydrogens (tertiary/aromatic N) is 3. The van der Waals surface area contributed by atoms with Gasteiger partial charge in [0.15, 0.2) is 0 Å². The summed E-state index contributed by atoms with van der Waals surface area (Å²) >= 11 is 0. The molecule has 100 valence electrons. The van der Waals surface area contributed by atoms with Crippen molar-refractivity contribution in [1.29, 1.82) is 5.26 Å². The van der Waals surface area contributed by atoms with Gasteiger partial charge in [-0.25, -0.2) is 4.98 Å². The van der Waals surface area contributed by atoms with Crippen LogP contribution in [0.5, 0.6) is 0 Å². The van der Waals surface area contributed by atoms with Crippen LogP contribution in [-0.4, -0.2) is 29.4 Å². The summed E-state index contributed by atoms with van der Waals surface area (Å²) in [6.07, 6.45) is 6.29. The van der Waals surface area contributed by atoms with E-state index in [4.69, 9.17) is 5.26 Å². The SMILES string of the molecule is CN(CC1CCCCC1)C(=O)c1cccc(C#N)n1. The number of rotatable bonds is 3. The van der Waals surface area contributed by atoms with Crippen LogP contribution < -0.4 is 0 Å². The molecule has 0 saturated heterocycles. The molecule has 1 aromatic rings. The standard InChI is InChI=1S/C15H19N3O/c1-18(11-12-6-3-2-4-7-12)15(19)14-9-5-8-13(10-16)17-14/h5,8-9,12H,2-4,6-7,11H2,1H3. The number of carbonyl (C=O) groups excluding carboxylic acids is 1. The van der Waals surface area contributed by atoms with E-state index in [0.29, 0.717) is 11.6 Å². The Bertz CT molecular complexity index is 486. The normalized spacial score (nSPS) is 15.8. The molecule has 1 aliphatic carbocycles. The molecule has 4 nitrogen and oxygen atoms in total. The monoisotopic (exact) mass is 257 g/mol. The predicted octanol–water partition coefficient (Wildman–Crippen LogP) is 2.61. The lowest BCUT2D eigenvalue weighted by Crippen LogP contribution is -2.33. The first-order valence-electron chi connectivity index (χ1n) is 6.83. The zero-order valence-electron chi connectivity index (χ0n) is 11.3. The molecule has 1 aliphatic rings. The number of carbonyl (C=O) groups is 1. The van der Waals surface area contributed by atoms with Gasteiger partial charge in [0.2, 0.25) is 0 Å². The van der Waals surface area contributed by atoms with E-state index in [1.165, 1.54) is 32.1 Å². The maximum absolute atomic E-state index is 12.2. The van der Waals surface area contributed by atoms with E-state index in [9.17, 15) is 4.79 Å². The van der Waals surface area contributed by atoms with E-state index in [1.54, 1.807) is 23.1 Å². The Kier molecular flexibility index (Phi) is 4.51. The zero-order valence-corrected chi connectivity index (χ0v) is 11.3. The topological polar surface area (TPSA) is 57.0 Å². The molecule has 1 heterocycles. The van der Waals surface area contributed by atoms with Gasteiger partial charge >= 0.3 is 0 Å².